The molecule has 0 spiro atoms. The first-order valence-corrected chi connectivity index (χ1v) is 8.38. The molecule has 0 fully saturated rings. The Morgan fingerprint density at radius 1 is 1.40 bits per heavy atom. The van der Waals surface area contributed by atoms with Crippen LogP contribution in [-0.2, 0) is 16.0 Å². The maximum Gasteiger partial charge on any atom is 0.341 e. The summed E-state index contributed by atoms with van der Waals surface area (Å²) < 4.78 is 5.02. The number of halogens is 1. The number of hydrogen-bond donors (Lipinski definition) is 1. The average molecular weight is 362 g/mol. The second kappa shape index (κ2) is 7.78. The molecule has 0 radical (unpaired) electrons. The average Bonchev–Trinajstić information content (AvgIpc) is 2.81. The van der Waals surface area contributed by atoms with E-state index in [0.29, 0.717) is 17.2 Å². The lowest BCUT2D eigenvalue weighted by Gasteiger charge is -2.13. The predicted octanol–water partition coefficient (Wildman–Crippen LogP) is 3.85. The number of amides is 1. The van der Waals surface area contributed by atoms with Crippen molar-refractivity contribution in [3.8, 4) is 0 Å². The second-order valence-corrected chi connectivity index (χ2v) is 6.79. The third-order valence-electron chi connectivity index (χ3n) is 2.70. The van der Waals surface area contributed by atoms with Crippen LogP contribution >= 0.6 is 27.3 Å². The van der Waals surface area contributed by atoms with E-state index in [9.17, 15) is 9.59 Å². The van der Waals surface area contributed by atoms with Gasteiger partial charge in [0.05, 0.1) is 17.0 Å². The smallest absolute Gasteiger partial charge is 0.341 e. The molecule has 4 nitrogen and oxygen atoms in total. The van der Waals surface area contributed by atoms with Crippen LogP contribution in [0.15, 0.2) is 6.07 Å². The Morgan fingerprint density at radius 3 is 2.55 bits per heavy atom. The van der Waals surface area contributed by atoms with E-state index in [1.807, 2.05) is 20.8 Å². The molecule has 0 aliphatic rings. The number of nitrogens with one attached hydrogen (secondary N) is 1. The van der Waals surface area contributed by atoms with Crippen molar-refractivity contribution < 1.29 is 14.3 Å². The molecule has 0 aliphatic carbocycles. The van der Waals surface area contributed by atoms with Crippen LogP contribution in [0.5, 0.6) is 0 Å². The van der Waals surface area contributed by atoms with Crippen molar-refractivity contribution in [3.63, 3.8) is 0 Å². The van der Waals surface area contributed by atoms with E-state index in [1.165, 1.54) is 11.3 Å². The minimum atomic E-state index is -0.394. The maximum atomic E-state index is 12.1. The molecule has 1 aromatic rings. The molecule has 6 heteroatoms. The number of rotatable bonds is 6. The Bertz CT molecular complexity index is 485. The molecule has 0 saturated carbocycles. The van der Waals surface area contributed by atoms with Gasteiger partial charge in [0.15, 0.2) is 0 Å². The Balaban J connectivity index is 2.96. The van der Waals surface area contributed by atoms with Gasteiger partial charge in [-0.2, -0.15) is 0 Å². The van der Waals surface area contributed by atoms with Crippen molar-refractivity contribution >= 4 is 44.1 Å². The molecule has 1 rings (SSSR count). The topological polar surface area (TPSA) is 55.4 Å². The van der Waals surface area contributed by atoms with Crippen molar-refractivity contribution in [1.29, 1.82) is 0 Å². The first-order chi connectivity index (χ1) is 9.40. The zero-order chi connectivity index (χ0) is 15.3. The van der Waals surface area contributed by atoms with Crippen LogP contribution in [0.4, 0.5) is 5.00 Å². The standard InChI is InChI=1S/C14H20BrNO3S/c1-5-9-7-10(14(18)19-6-2)13(20-9)16-12(17)11(15)8(3)4/h7-8,11H,5-6H2,1-4H3,(H,16,17). The highest BCUT2D eigenvalue weighted by atomic mass is 79.9. The van der Waals surface area contributed by atoms with Gasteiger partial charge in [0.25, 0.3) is 0 Å². The largest absolute Gasteiger partial charge is 0.462 e. The van der Waals surface area contributed by atoms with E-state index in [0.717, 1.165) is 11.3 Å². The number of esters is 1. The van der Waals surface area contributed by atoms with Gasteiger partial charge < -0.3 is 10.1 Å². The van der Waals surface area contributed by atoms with Crippen LogP contribution in [0.2, 0.25) is 0 Å². The van der Waals surface area contributed by atoms with E-state index in [1.54, 1.807) is 13.0 Å². The molecule has 0 aliphatic heterocycles. The Hall–Kier alpha value is -0.880. The summed E-state index contributed by atoms with van der Waals surface area (Å²) in [5, 5.41) is 3.38. The first kappa shape index (κ1) is 17.2. The van der Waals surface area contributed by atoms with Crippen LogP contribution < -0.4 is 5.32 Å². The number of anilines is 1. The van der Waals surface area contributed by atoms with E-state index >= 15 is 0 Å². The molecule has 0 bridgehead atoms. The number of alkyl halides is 1. The molecule has 0 saturated heterocycles. The molecule has 1 N–H and O–H groups in total. The van der Waals surface area contributed by atoms with Crippen molar-refractivity contribution in [2.45, 2.75) is 38.9 Å². The highest BCUT2D eigenvalue weighted by molar-refractivity contribution is 9.10. The highest BCUT2D eigenvalue weighted by Gasteiger charge is 2.23. The van der Waals surface area contributed by atoms with Crippen LogP contribution in [-0.4, -0.2) is 23.3 Å². The molecule has 1 atom stereocenters. The van der Waals surface area contributed by atoms with Crippen molar-refractivity contribution in [2.24, 2.45) is 5.92 Å². The first-order valence-electron chi connectivity index (χ1n) is 6.65. The highest BCUT2D eigenvalue weighted by Crippen LogP contribution is 2.30. The fourth-order valence-corrected chi connectivity index (χ4v) is 2.65. The van der Waals surface area contributed by atoms with E-state index in [2.05, 4.69) is 21.2 Å². The van der Waals surface area contributed by atoms with Crippen molar-refractivity contribution in [1.82, 2.24) is 0 Å². The van der Waals surface area contributed by atoms with Gasteiger partial charge in [-0.3, -0.25) is 4.79 Å². The summed E-state index contributed by atoms with van der Waals surface area (Å²) in [4.78, 5) is 24.7. The molecular formula is C14H20BrNO3S. The summed E-state index contributed by atoms with van der Waals surface area (Å²) in [7, 11) is 0. The molecule has 20 heavy (non-hydrogen) atoms. The van der Waals surface area contributed by atoms with Gasteiger partial charge in [-0.15, -0.1) is 11.3 Å². The third kappa shape index (κ3) is 4.31. The maximum absolute atomic E-state index is 12.1. The molecule has 1 heterocycles. The number of carbonyl (C=O) groups is 2. The van der Waals surface area contributed by atoms with Crippen LogP contribution in [0.3, 0.4) is 0 Å². The van der Waals surface area contributed by atoms with Gasteiger partial charge in [0.2, 0.25) is 5.91 Å². The van der Waals surface area contributed by atoms with Gasteiger partial charge in [-0.05, 0) is 25.3 Å². The summed E-state index contributed by atoms with van der Waals surface area (Å²) in [6, 6.07) is 1.79. The predicted molar refractivity (Wildman–Crippen MR) is 85.8 cm³/mol. The third-order valence-corrected chi connectivity index (χ3v) is 5.37. The number of ether oxygens (including phenoxy) is 1. The normalized spacial score (nSPS) is 12.3. The van der Waals surface area contributed by atoms with E-state index < -0.39 is 5.97 Å². The van der Waals surface area contributed by atoms with E-state index in [4.69, 9.17) is 4.74 Å². The Labute approximate surface area is 132 Å². The molecule has 0 aromatic carbocycles. The van der Waals surface area contributed by atoms with Gasteiger partial charge in [-0.1, -0.05) is 36.7 Å². The fraction of sp³-hybridized carbons (Fsp3) is 0.571. The quantitative estimate of drug-likeness (QED) is 0.618. The number of aryl methyl sites for hydroxylation is 1. The number of carbonyl (C=O) groups excluding carboxylic acids is 2. The second-order valence-electron chi connectivity index (χ2n) is 4.66. The zero-order valence-electron chi connectivity index (χ0n) is 12.2. The number of thiophene rings is 1. The lowest BCUT2D eigenvalue weighted by molar-refractivity contribution is -0.116. The zero-order valence-corrected chi connectivity index (χ0v) is 14.6. The van der Waals surface area contributed by atoms with Gasteiger partial charge >= 0.3 is 5.97 Å². The summed E-state index contributed by atoms with van der Waals surface area (Å²) in [6.45, 7) is 8.00. The van der Waals surface area contributed by atoms with E-state index in [-0.39, 0.29) is 16.7 Å². The molecular weight excluding hydrogens is 342 g/mol. The molecule has 112 valence electrons. The Morgan fingerprint density at radius 2 is 2.05 bits per heavy atom. The van der Waals surface area contributed by atoms with Gasteiger partial charge in [0, 0.05) is 4.88 Å². The summed E-state index contributed by atoms with van der Waals surface area (Å²) >= 11 is 4.78. The SMILES string of the molecule is CCOC(=O)c1cc(CC)sc1NC(=O)C(Br)C(C)C. The monoisotopic (exact) mass is 361 g/mol. The summed E-state index contributed by atoms with van der Waals surface area (Å²) in [5.41, 5.74) is 0.436. The summed E-state index contributed by atoms with van der Waals surface area (Å²) in [6.07, 6.45) is 0.814. The molecule has 1 unspecified atom stereocenters. The van der Waals surface area contributed by atoms with Gasteiger partial charge in [0.1, 0.15) is 5.00 Å². The van der Waals surface area contributed by atoms with Crippen LogP contribution in [0.25, 0.3) is 0 Å². The lowest BCUT2D eigenvalue weighted by atomic mass is 10.1. The fourth-order valence-electron chi connectivity index (χ4n) is 1.55. The molecule has 1 aromatic heterocycles. The van der Waals surface area contributed by atoms with Crippen molar-refractivity contribution in [3.05, 3.63) is 16.5 Å². The summed E-state index contributed by atoms with van der Waals surface area (Å²) in [5.74, 6) is -0.365. The van der Waals surface area contributed by atoms with Crippen LogP contribution in [0, 0.1) is 5.92 Å². The van der Waals surface area contributed by atoms with Crippen molar-refractivity contribution in [2.75, 3.05) is 11.9 Å². The molecule has 1 amide bonds. The minimum Gasteiger partial charge on any atom is -0.462 e. The van der Waals surface area contributed by atoms with Crippen LogP contribution in [0.1, 0.15) is 42.9 Å². The Kier molecular flexibility index (Phi) is 6.68. The minimum absolute atomic E-state index is 0.143. The lowest BCUT2D eigenvalue weighted by Crippen LogP contribution is -2.27. The number of hydrogen-bond acceptors (Lipinski definition) is 4. The van der Waals surface area contributed by atoms with Gasteiger partial charge in [-0.25, -0.2) is 4.79 Å².